The normalized spacial score (nSPS) is 10.1. The van der Waals surface area contributed by atoms with Crippen LogP contribution in [0.25, 0.3) is 0 Å². The standard InChI is InChI=1S/C17H18ClNO3/c1-2-11-21-15-5-3-4-6-16(15)22-12-17(20)19-14-9-7-13(18)8-10-14/h3-10H,2,11-12H2,1H3,(H,19,20). The first kappa shape index (κ1) is 16.2. The van der Waals surface area contributed by atoms with E-state index in [4.69, 9.17) is 21.1 Å². The van der Waals surface area contributed by atoms with Crippen LogP contribution in [0.3, 0.4) is 0 Å². The van der Waals surface area contributed by atoms with Gasteiger partial charge in [0.1, 0.15) is 0 Å². The molecule has 4 nitrogen and oxygen atoms in total. The number of para-hydroxylation sites is 2. The molecule has 0 radical (unpaired) electrons. The van der Waals surface area contributed by atoms with Gasteiger partial charge in [0.15, 0.2) is 18.1 Å². The van der Waals surface area contributed by atoms with E-state index in [1.807, 2.05) is 25.1 Å². The van der Waals surface area contributed by atoms with Crippen molar-refractivity contribution in [1.82, 2.24) is 0 Å². The largest absolute Gasteiger partial charge is 0.490 e. The Morgan fingerprint density at radius 1 is 1.05 bits per heavy atom. The zero-order valence-electron chi connectivity index (χ0n) is 12.3. The van der Waals surface area contributed by atoms with Gasteiger partial charge in [-0.25, -0.2) is 0 Å². The molecule has 0 atom stereocenters. The van der Waals surface area contributed by atoms with E-state index in [2.05, 4.69) is 5.32 Å². The SMILES string of the molecule is CCCOc1ccccc1OCC(=O)Nc1ccc(Cl)cc1. The zero-order chi connectivity index (χ0) is 15.8. The van der Waals surface area contributed by atoms with Crippen molar-refractivity contribution < 1.29 is 14.3 Å². The molecule has 0 aromatic heterocycles. The number of halogens is 1. The minimum absolute atomic E-state index is 0.0882. The van der Waals surface area contributed by atoms with Crippen LogP contribution >= 0.6 is 11.6 Å². The summed E-state index contributed by atoms with van der Waals surface area (Å²) in [6.45, 7) is 2.55. The predicted molar refractivity (Wildman–Crippen MR) is 87.8 cm³/mol. The molecule has 2 aromatic carbocycles. The summed E-state index contributed by atoms with van der Waals surface area (Å²) in [5, 5.41) is 3.36. The molecule has 0 saturated heterocycles. The van der Waals surface area contributed by atoms with Crippen molar-refractivity contribution >= 4 is 23.2 Å². The monoisotopic (exact) mass is 319 g/mol. The van der Waals surface area contributed by atoms with Crippen molar-refractivity contribution in [3.63, 3.8) is 0 Å². The maximum absolute atomic E-state index is 11.9. The zero-order valence-corrected chi connectivity index (χ0v) is 13.1. The molecule has 0 fully saturated rings. The van der Waals surface area contributed by atoms with Gasteiger partial charge >= 0.3 is 0 Å². The summed E-state index contributed by atoms with van der Waals surface area (Å²) in [7, 11) is 0. The van der Waals surface area contributed by atoms with Crippen LogP contribution in [0.2, 0.25) is 5.02 Å². The van der Waals surface area contributed by atoms with Crippen molar-refractivity contribution in [2.75, 3.05) is 18.5 Å². The molecular formula is C17H18ClNO3. The number of carbonyl (C=O) groups is 1. The fourth-order valence-corrected chi connectivity index (χ4v) is 1.90. The van der Waals surface area contributed by atoms with E-state index in [9.17, 15) is 4.79 Å². The number of hydrogen-bond acceptors (Lipinski definition) is 3. The van der Waals surface area contributed by atoms with Crippen LogP contribution in [0.15, 0.2) is 48.5 Å². The highest BCUT2D eigenvalue weighted by Gasteiger charge is 2.07. The van der Waals surface area contributed by atoms with Gasteiger partial charge in [0.2, 0.25) is 0 Å². The Hall–Kier alpha value is -2.20. The van der Waals surface area contributed by atoms with E-state index in [1.165, 1.54) is 0 Å². The van der Waals surface area contributed by atoms with Gasteiger partial charge in [-0.05, 0) is 42.8 Å². The number of ether oxygens (including phenoxy) is 2. The molecule has 22 heavy (non-hydrogen) atoms. The average molecular weight is 320 g/mol. The third kappa shape index (κ3) is 4.97. The van der Waals surface area contributed by atoms with Crippen LogP contribution in [-0.4, -0.2) is 19.1 Å². The molecule has 116 valence electrons. The lowest BCUT2D eigenvalue weighted by molar-refractivity contribution is -0.118. The smallest absolute Gasteiger partial charge is 0.262 e. The van der Waals surface area contributed by atoms with Crippen molar-refractivity contribution in [3.05, 3.63) is 53.6 Å². The number of rotatable bonds is 7. The Labute approximate surface area is 135 Å². The Bertz CT molecular complexity index is 614. The molecule has 2 aromatic rings. The van der Waals surface area contributed by atoms with Crippen LogP contribution in [0.1, 0.15) is 13.3 Å². The number of benzene rings is 2. The van der Waals surface area contributed by atoms with Crippen LogP contribution in [0.4, 0.5) is 5.69 Å². The molecule has 0 heterocycles. The summed E-state index contributed by atoms with van der Waals surface area (Å²) in [5.74, 6) is 0.957. The van der Waals surface area contributed by atoms with Gasteiger partial charge < -0.3 is 14.8 Å². The highest BCUT2D eigenvalue weighted by molar-refractivity contribution is 6.30. The van der Waals surface area contributed by atoms with E-state index < -0.39 is 0 Å². The van der Waals surface area contributed by atoms with Gasteiger partial charge in [-0.1, -0.05) is 30.7 Å². The molecule has 0 aliphatic carbocycles. The number of hydrogen-bond donors (Lipinski definition) is 1. The van der Waals surface area contributed by atoms with E-state index in [-0.39, 0.29) is 12.5 Å². The van der Waals surface area contributed by atoms with E-state index in [0.717, 1.165) is 6.42 Å². The molecule has 0 aliphatic rings. The molecule has 1 N–H and O–H groups in total. The topological polar surface area (TPSA) is 47.6 Å². The second kappa shape index (κ2) is 8.29. The van der Waals surface area contributed by atoms with Gasteiger partial charge in [-0.2, -0.15) is 0 Å². The molecule has 0 spiro atoms. The molecule has 5 heteroatoms. The maximum Gasteiger partial charge on any atom is 0.262 e. The Balaban J connectivity index is 1.89. The van der Waals surface area contributed by atoms with E-state index >= 15 is 0 Å². The van der Waals surface area contributed by atoms with Crippen LogP contribution < -0.4 is 14.8 Å². The Morgan fingerprint density at radius 3 is 2.32 bits per heavy atom. The fraction of sp³-hybridized carbons (Fsp3) is 0.235. The second-order valence-electron chi connectivity index (χ2n) is 4.64. The minimum Gasteiger partial charge on any atom is -0.490 e. The average Bonchev–Trinajstić information content (AvgIpc) is 2.54. The van der Waals surface area contributed by atoms with Gasteiger partial charge in [0, 0.05) is 10.7 Å². The van der Waals surface area contributed by atoms with Crippen molar-refractivity contribution in [2.45, 2.75) is 13.3 Å². The molecule has 0 aliphatic heterocycles. The van der Waals surface area contributed by atoms with Gasteiger partial charge in [0.05, 0.1) is 6.61 Å². The highest BCUT2D eigenvalue weighted by atomic mass is 35.5. The predicted octanol–water partition coefficient (Wildman–Crippen LogP) is 4.15. The molecule has 0 bridgehead atoms. The quantitative estimate of drug-likeness (QED) is 0.834. The summed E-state index contributed by atoms with van der Waals surface area (Å²) < 4.78 is 11.1. The van der Waals surface area contributed by atoms with Crippen molar-refractivity contribution in [1.29, 1.82) is 0 Å². The Morgan fingerprint density at radius 2 is 1.68 bits per heavy atom. The number of anilines is 1. The van der Waals surface area contributed by atoms with Gasteiger partial charge in [-0.15, -0.1) is 0 Å². The summed E-state index contributed by atoms with van der Waals surface area (Å²) >= 11 is 5.80. The first-order chi connectivity index (χ1) is 10.7. The summed E-state index contributed by atoms with van der Waals surface area (Å²) in [6, 6.07) is 14.2. The number of nitrogens with one attached hydrogen (secondary N) is 1. The Kier molecular flexibility index (Phi) is 6.10. The fourth-order valence-electron chi connectivity index (χ4n) is 1.77. The summed E-state index contributed by atoms with van der Waals surface area (Å²) in [6.07, 6.45) is 0.908. The molecule has 0 saturated carbocycles. The third-order valence-corrected chi connectivity index (χ3v) is 3.05. The maximum atomic E-state index is 11.9. The van der Waals surface area contributed by atoms with E-state index in [1.54, 1.807) is 30.3 Å². The third-order valence-electron chi connectivity index (χ3n) is 2.80. The van der Waals surface area contributed by atoms with Crippen LogP contribution in [0.5, 0.6) is 11.5 Å². The summed E-state index contributed by atoms with van der Waals surface area (Å²) in [4.78, 5) is 11.9. The van der Waals surface area contributed by atoms with Crippen molar-refractivity contribution in [2.24, 2.45) is 0 Å². The van der Waals surface area contributed by atoms with Gasteiger partial charge in [-0.3, -0.25) is 4.79 Å². The second-order valence-corrected chi connectivity index (χ2v) is 5.08. The molecule has 0 unspecified atom stereocenters. The first-order valence-corrected chi connectivity index (χ1v) is 7.47. The number of amides is 1. The van der Waals surface area contributed by atoms with Gasteiger partial charge in [0.25, 0.3) is 5.91 Å². The lowest BCUT2D eigenvalue weighted by Gasteiger charge is -2.12. The number of carbonyl (C=O) groups excluding carboxylic acids is 1. The minimum atomic E-state index is -0.243. The molecule has 2 rings (SSSR count). The van der Waals surface area contributed by atoms with Crippen LogP contribution in [0, 0.1) is 0 Å². The van der Waals surface area contributed by atoms with E-state index in [0.29, 0.717) is 28.8 Å². The van der Waals surface area contributed by atoms with Crippen LogP contribution in [-0.2, 0) is 4.79 Å². The van der Waals surface area contributed by atoms with Crippen molar-refractivity contribution in [3.8, 4) is 11.5 Å². The first-order valence-electron chi connectivity index (χ1n) is 7.09. The molecular weight excluding hydrogens is 302 g/mol. The lowest BCUT2D eigenvalue weighted by Crippen LogP contribution is -2.20. The lowest BCUT2D eigenvalue weighted by atomic mass is 10.3. The summed E-state index contributed by atoms with van der Waals surface area (Å²) in [5.41, 5.74) is 0.675. The molecule has 1 amide bonds. The highest BCUT2D eigenvalue weighted by Crippen LogP contribution is 2.26.